The highest BCUT2D eigenvalue weighted by atomic mass is 35.5. The fourth-order valence-corrected chi connectivity index (χ4v) is 4.00. The quantitative estimate of drug-likeness (QED) is 0.657. The highest BCUT2D eigenvalue weighted by Gasteiger charge is 2.26. The van der Waals surface area contributed by atoms with Gasteiger partial charge in [-0.3, -0.25) is 14.7 Å². The topological polar surface area (TPSA) is 59.0 Å². The minimum Gasteiger partial charge on any atom is -0.492 e. The average Bonchev–Trinajstić information content (AvgIpc) is 3.38. The fourth-order valence-electron chi connectivity index (χ4n) is 3.81. The van der Waals surface area contributed by atoms with E-state index in [1.807, 2.05) is 36.0 Å². The SMILES string of the molecule is Cc1nn(C)cc1CN1CC[C@@H](c2cc(CCOc3ccccc3Cl)[nH]n2)C1. The minimum absolute atomic E-state index is 0.478. The molecular weight excluding hydrogens is 374 g/mol. The van der Waals surface area contributed by atoms with E-state index in [4.69, 9.17) is 16.3 Å². The molecule has 1 saturated heterocycles. The van der Waals surface area contributed by atoms with Gasteiger partial charge in [0, 0.05) is 49.9 Å². The summed E-state index contributed by atoms with van der Waals surface area (Å²) < 4.78 is 7.67. The number of likely N-dealkylation sites (tertiary alicyclic amines) is 1. The van der Waals surface area contributed by atoms with E-state index < -0.39 is 0 Å². The summed E-state index contributed by atoms with van der Waals surface area (Å²) >= 11 is 6.12. The number of hydrogen-bond donors (Lipinski definition) is 1. The summed E-state index contributed by atoms with van der Waals surface area (Å²) in [4.78, 5) is 2.49. The second-order valence-corrected chi connectivity index (χ2v) is 7.89. The molecular formula is C21H26ClN5O. The molecule has 6 nitrogen and oxygen atoms in total. The molecule has 0 aliphatic carbocycles. The molecule has 3 heterocycles. The molecule has 0 unspecified atom stereocenters. The number of H-pyrrole nitrogens is 1. The summed E-state index contributed by atoms with van der Waals surface area (Å²) in [7, 11) is 1.98. The first-order valence-corrected chi connectivity index (χ1v) is 10.1. The summed E-state index contributed by atoms with van der Waals surface area (Å²) in [5, 5.41) is 12.8. The van der Waals surface area contributed by atoms with E-state index in [2.05, 4.69) is 39.4 Å². The largest absolute Gasteiger partial charge is 0.492 e. The van der Waals surface area contributed by atoms with Crippen molar-refractivity contribution in [2.75, 3.05) is 19.7 Å². The maximum Gasteiger partial charge on any atom is 0.137 e. The molecule has 28 heavy (non-hydrogen) atoms. The average molecular weight is 400 g/mol. The van der Waals surface area contributed by atoms with E-state index in [-0.39, 0.29) is 0 Å². The lowest BCUT2D eigenvalue weighted by Crippen LogP contribution is -2.20. The smallest absolute Gasteiger partial charge is 0.137 e. The van der Waals surface area contributed by atoms with Crippen LogP contribution in [0.4, 0.5) is 0 Å². The highest BCUT2D eigenvalue weighted by molar-refractivity contribution is 6.32. The molecule has 1 aliphatic rings. The Kier molecular flexibility index (Phi) is 5.69. The van der Waals surface area contributed by atoms with Crippen molar-refractivity contribution in [3.8, 4) is 5.75 Å². The third kappa shape index (κ3) is 4.39. The van der Waals surface area contributed by atoms with Gasteiger partial charge in [-0.15, -0.1) is 0 Å². The Morgan fingerprint density at radius 3 is 2.96 bits per heavy atom. The van der Waals surface area contributed by atoms with Crippen LogP contribution in [-0.4, -0.2) is 44.6 Å². The zero-order chi connectivity index (χ0) is 19.5. The normalized spacial score (nSPS) is 17.3. The maximum atomic E-state index is 6.12. The van der Waals surface area contributed by atoms with Crippen LogP contribution < -0.4 is 4.74 Å². The molecule has 4 rings (SSSR count). The zero-order valence-corrected chi connectivity index (χ0v) is 17.1. The van der Waals surface area contributed by atoms with Crippen LogP contribution in [0, 0.1) is 6.92 Å². The van der Waals surface area contributed by atoms with Crippen LogP contribution in [0.2, 0.25) is 5.02 Å². The molecule has 2 aromatic heterocycles. The Morgan fingerprint density at radius 2 is 2.18 bits per heavy atom. The standard InChI is InChI=1S/C21H26ClN5O/c1-15-17(12-26(2)25-15)14-27-9-7-16(13-27)20-11-18(23-24-20)8-10-28-21-6-4-3-5-19(21)22/h3-6,11-12,16H,7-10,13-14H2,1-2H3,(H,23,24)/t16-/m1/s1. The molecule has 1 fully saturated rings. The van der Waals surface area contributed by atoms with Gasteiger partial charge in [0.15, 0.2) is 0 Å². The summed E-state index contributed by atoms with van der Waals surface area (Å²) in [6.45, 7) is 5.74. The predicted octanol–water partition coefficient (Wildman–Crippen LogP) is 3.72. The first-order chi connectivity index (χ1) is 13.6. The Labute approximate surface area is 170 Å². The van der Waals surface area contributed by atoms with Gasteiger partial charge in [0.1, 0.15) is 5.75 Å². The minimum atomic E-state index is 0.478. The van der Waals surface area contributed by atoms with E-state index >= 15 is 0 Å². The molecule has 1 aliphatic heterocycles. The van der Waals surface area contributed by atoms with E-state index in [0.717, 1.165) is 55.3 Å². The van der Waals surface area contributed by atoms with Gasteiger partial charge in [0.05, 0.1) is 23.0 Å². The number of hydrogen-bond acceptors (Lipinski definition) is 4. The molecule has 0 spiro atoms. The number of aryl methyl sites for hydroxylation is 2. The van der Waals surface area contributed by atoms with Crippen LogP contribution in [0.25, 0.3) is 0 Å². The predicted molar refractivity (Wildman–Crippen MR) is 110 cm³/mol. The number of para-hydroxylation sites is 1. The van der Waals surface area contributed by atoms with E-state index in [1.54, 1.807) is 0 Å². The first-order valence-electron chi connectivity index (χ1n) is 9.71. The first kappa shape index (κ1) is 19.0. The summed E-state index contributed by atoms with van der Waals surface area (Å²) in [6, 6.07) is 9.73. The van der Waals surface area contributed by atoms with E-state index in [1.165, 1.54) is 5.56 Å². The molecule has 3 aromatic rings. The van der Waals surface area contributed by atoms with Crippen LogP contribution in [0.15, 0.2) is 36.5 Å². The van der Waals surface area contributed by atoms with Gasteiger partial charge in [-0.1, -0.05) is 23.7 Å². The molecule has 0 radical (unpaired) electrons. The summed E-state index contributed by atoms with van der Waals surface area (Å²) in [5.74, 6) is 1.20. The Bertz CT molecular complexity index is 935. The molecule has 0 amide bonds. The lowest BCUT2D eigenvalue weighted by atomic mass is 10.0. The van der Waals surface area contributed by atoms with E-state index in [9.17, 15) is 0 Å². The Morgan fingerprint density at radius 1 is 1.32 bits per heavy atom. The van der Waals surface area contributed by atoms with Crippen molar-refractivity contribution in [1.82, 2.24) is 24.9 Å². The van der Waals surface area contributed by atoms with Gasteiger partial charge in [0.25, 0.3) is 0 Å². The van der Waals surface area contributed by atoms with Gasteiger partial charge < -0.3 is 4.74 Å². The molecule has 0 saturated carbocycles. The summed E-state index contributed by atoms with van der Waals surface area (Å²) in [6.07, 6.45) is 4.04. The van der Waals surface area contributed by atoms with Crippen LogP contribution in [0.1, 0.15) is 35.0 Å². The van der Waals surface area contributed by atoms with Crippen molar-refractivity contribution in [2.45, 2.75) is 32.2 Å². The van der Waals surface area contributed by atoms with Crippen LogP contribution in [0.5, 0.6) is 5.75 Å². The van der Waals surface area contributed by atoms with Crippen molar-refractivity contribution in [1.29, 1.82) is 0 Å². The molecule has 148 valence electrons. The Balaban J connectivity index is 1.28. The van der Waals surface area contributed by atoms with Gasteiger partial charge >= 0.3 is 0 Å². The molecule has 7 heteroatoms. The second-order valence-electron chi connectivity index (χ2n) is 7.48. The third-order valence-electron chi connectivity index (χ3n) is 5.32. The van der Waals surface area contributed by atoms with Gasteiger partial charge in [-0.2, -0.15) is 10.2 Å². The van der Waals surface area contributed by atoms with Crippen molar-refractivity contribution in [2.24, 2.45) is 7.05 Å². The van der Waals surface area contributed by atoms with Crippen molar-refractivity contribution in [3.63, 3.8) is 0 Å². The Hall–Kier alpha value is -2.31. The van der Waals surface area contributed by atoms with E-state index in [0.29, 0.717) is 17.5 Å². The van der Waals surface area contributed by atoms with Crippen LogP contribution in [0.3, 0.4) is 0 Å². The number of aromatic nitrogens is 4. The molecule has 0 bridgehead atoms. The van der Waals surface area contributed by atoms with Crippen molar-refractivity contribution < 1.29 is 4.74 Å². The van der Waals surface area contributed by atoms with Crippen LogP contribution >= 0.6 is 11.6 Å². The monoisotopic (exact) mass is 399 g/mol. The number of rotatable bonds is 7. The number of benzene rings is 1. The van der Waals surface area contributed by atoms with Crippen molar-refractivity contribution >= 4 is 11.6 Å². The number of ether oxygens (including phenoxy) is 1. The van der Waals surface area contributed by atoms with Crippen molar-refractivity contribution in [3.05, 3.63) is 64.2 Å². The third-order valence-corrected chi connectivity index (χ3v) is 5.63. The van der Waals surface area contributed by atoms with Crippen LogP contribution in [-0.2, 0) is 20.0 Å². The lowest BCUT2D eigenvalue weighted by Gasteiger charge is -2.14. The number of halogens is 1. The molecule has 1 N–H and O–H groups in total. The number of nitrogens with one attached hydrogen (secondary N) is 1. The maximum absolute atomic E-state index is 6.12. The molecule has 1 atom stereocenters. The lowest BCUT2D eigenvalue weighted by molar-refractivity contribution is 0.320. The summed E-state index contributed by atoms with van der Waals surface area (Å²) in [5.41, 5.74) is 4.68. The number of nitrogens with zero attached hydrogens (tertiary/aromatic N) is 4. The van der Waals surface area contributed by atoms with Gasteiger partial charge in [-0.25, -0.2) is 0 Å². The fraction of sp³-hybridized carbons (Fsp3) is 0.429. The molecule has 1 aromatic carbocycles. The van der Waals surface area contributed by atoms with Gasteiger partial charge in [0.2, 0.25) is 0 Å². The highest BCUT2D eigenvalue weighted by Crippen LogP contribution is 2.28. The van der Waals surface area contributed by atoms with Gasteiger partial charge in [-0.05, 0) is 38.1 Å². The zero-order valence-electron chi connectivity index (χ0n) is 16.4. The second kappa shape index (κ2) is 8.37. The number of aromatic amines is 1.